The maximum atomic E-state index is 13.6. The summed E-state index contributed by atoms with van der Waals surface area (Å²) in [6.07, 6.45) is 17.2. The van der Waals surface area contributed by atoms with E-state index in [2.05, 4.69) is 31.3 Å². The molecular formula is C27H39NO2S. The summed E-state index contributed by atoms with van der Waals surface area (Å²) < 4.78 is 0. The molecule has 0 heterocycles. The predicted octanol–water partition coefficient (Wildman–Crippen LogP) is 7.77. The average Bonchev–Trinajstić information content (AvgIpc) is 3.09. The first-order valence-electron chi connectivity index (χ1n) is 12.4. The molecule has 1 saturated carbocycles. The lowest BCUT2D eigenvalue weighted by molar-refractivity contribution is -0.128. The van der Waals surface area contributed by atoms with E-state index in [1.165, 1.54) is 18.2 Å². The van der Waals surface area contributed by atoms with Gasteiger partial charge in [0.15, 0.2) is 0 Å². The molecule has 1 fully saturated rings. The van der Waals surface area contributed by atoms with Gasteiger partial charge in [0.05, 0.1) is 5.69 Å². The molecular weight excluding hydrogens is 402 g/mol. The quantitative estimate of drug-likeness (QED) is 0.331. The Morgan fingerprint density at radius 3 is 2.55 bits per heavy atom. The van der Waals surface area contributed by atoms with Crippen molar-refractivity contribution >= 4 is 28.5 Å². The molecule has 0 bridgehead atoms. The summed E-state index contributed by atoms with van der Waals surface area (Å²) in [6, 6.07) is 7.82. The Morgan fingerprint density at radius 2 is 1.81 bits per heavy atom. The van der Waals surface area contributed by atoms with Crippen LogP contribution in [0.4, 0.5) is 5.69 Å². The third-order valence-corrected chi connectivity index (χ3v) is 8.36. The van der Waals surface area contributed by atoms with Gasteiger partial charge >= 0.3 is 0 Å². The molecule has 3 rings (SSSR count). The molecule has 0 aliphatic heterocycles. The van der Waals surface area contributed by atoms with Crippen LogP contribution in [0.1, 0.15) is 90.9 Å². The smallest absolute Gasteiger partial charge is 0.230 e. The normalized spacial score (nSPS) is 20.9. The Hall–Kier alpha value is -1.55. The van der Waals surface area contributed by atoms with Gasteiger partial charge in [-0.3, -0.25) is 9.59 Å². The average molecular weight is 442 g/mol. The molecule has 2 aliphatic rings. The van der Waals surface area contributed by atoms with Crippen LogP contribution >= 0.6 is 11.8 Å². The maximum Gasteiger partial charge on any atom is 0.230 e. The molecule has 3 nitrogen and oxygen atoms in total. The number of amides is 1. The van der Waals surface area contributed by atoms with Crippen LogP contribution in [0, 0.1) is 17.3 Å². The first-order valence-corrected chi connectivity index (χ1v) is 13.2. The number of allylic oxidation sites excluding steroid dienone is 2. The fourth-order valence-electron chi connectivity index (χ4n) is 5.16. The van der Waals surface area contributed by atoms with Crippen molar-refractivity contribution in [1.29, 1.82) is 0 Å². The van der Waals surface area contributed by atoms with Gasteiger partial charge in [-0.25, -0.2) is 0 Å². The number of nitrogens with one attached hydrogen (secondary N) is 1. The van der Waals surface area contributed by atoms with E-state index in [0.29, 0.717) is 5.92 Å². The van der Waals surface area contributed by atoms with Crippen molar-refractivity contribution in [3.8, 4) is 0 Å². The maximum absolute atomic E-state index is 13.6. The van der Waals surface area contributed by atoms with Crippen LogP contribution in [-0.4, -0.2) is 11.0 Å². The number of benzene rings is 1. The van der Waals surface area contributed by atoms with Crippen molar-refractivity contribution in [2.45, 2.75) is 95.8 Å². The van der Waals surface area contributed by atoms with Crippen molar-refractivity contribution < 1.29 is 9.59 Å². The van der Waals surface area contributed by atoms with E-state index in [9.17, 15) is 9.59 Å². The molecule has 1 amide bonds. The standard InChI is InChI=1S/C27H39NO2S/c1-3-21(4-2)20-27(18-12-7-13-19-27)26(30)28-23-16-10-11-17-24(23)31-25(29)22-14-8-5-6-9-15-22/h8,10-11,14,16-17,21-22H,3-7,9,12-13,15,18-20H2,1-2H3,(H,28,30). The van der Waals surface area contributed by atoms with E-state index in [1.54, 1.807) is 0 Å². The van der Waals surface area contributed by atoms with Crippen LogP contribution in [0.3, 0.4) is 0 Å². The molecule has 4 heteroatoms. The van der Waals surface area contributed by atoms with Gasteiger partial charge in [0, 0.05) is 16.2 Å². The van der Waals surface area contributed by atoms with E-state index in [1.807, 2.05) is 24.3 Å². The van der Waals surface area contributed by atoms with Crippen molar-refractivity contribution in [3.63, 3.8) is 0 Å². The number of thioether (sulfide) groups is 1. The highest BCUT2D eigenvalue weighted by atomic mass is 32.2. The Balaban J connectivity index is 1.75. The molecule has 1 unspecified atom stereocenters. The second-order valence-electron chi connectivity index (χ2n) is 9.42. The van der Waals surface area contributed by atoms with Gasteiger partial charge in [-0.15, -0.1) is 0 Å². The monoisotopic (exact) mass is 441 g/mol. The van der Waals surface area contributed by atoms with Crippen LogP contribution in [0.25, 0.3) is 0 Å². The molecule has 170 valence electrons. The van der Waals surface area contributed by atoms with Crippen molar-refractivity contribution in [2.75, 3.05) is 5.32 Å². The van der Waals surface area contributed by atoms with Gasteiger partial charge in [-0.05, 0) is 68.3 Å². The third-order valence-electron chi connectivity index (χ3n) is 7.28. The number of anilines is 1. The predicted molar refractivity (Wildman–Crippen MR) is 131 cm³/mol. The first-order chi connectivity index (χ1) is 15.1. The van der Waals surface area contributed by atoms with Crippen LogP contribution in [-0.2, 0) is 9.59 Å². The summed E-state index contributed by atoms with van der Waals surface area (Å²) in [6.45, 7) is 4.48. The number of carbonyl (C=O) groups is 2. The Labute approximate surface area is 192 Å². The largest absolute Gasteiger partial charge is 0.325 e. The second-order valence-corrected chi connectivity index (χ2v) is 10.5. The fourth-order valence-corrected chi connectivity index (χ4v) is 6.10. The van der Waals surface area contributed by atoms with E-state index >= 15 is 0 Å². The molecule has 1 aromatic rings. The third kappa shape index (κ3) is 6.47. The lowest BCUT2D eigenvalue weighted by Crippen LogP contribution is -2.39. The summed E-state index contributed by atoms with van der Waals surface area (Å²) in [5.74, 6) is 0.738. The number of para-hydroxylation sites is 1. The van der Waals surface area contributed by atoms with Gasteiger partial charge in [0.25, 0.3) is 0 Å². The summed E-state index contributed by atoms with van der Waals surface area (Å²) in [4.78, 5) is 27.4. The highest BCUT2D eigenvalue weighted by Gasteiger charge is 2.40. The highest BCUT2D eigenvalue weighted by Crippen LogP contribution is 2.44. The summed E-state index contributed by atoms with van der Waals surface area (Å²) in [7, 11) is 0. The van der Waals surface area contributed by atoms with E-state index in [-0.39, 0.29) is 22.4 Å². The lowest BCUT2D eigenvalue weighted by atomic mass is 9.67. The Bertz CT molecular complexity index is 762. The summed E-state index contributed by atoms with van der Waals surface area (Å²) >= 11 is 1.29. The zero-order chi connectivity index (χ0) is 22.1. The van der Waals surface area contributed by atoms with Gasteiger partial charge in [-0.1, -0.05) is 76.7 Å². The number of carbonyl (C=O) groups excluding carboxylic acids is 2. The number of rotatable bonds is 8. The minimum Gasteiger partial charge on any atom is -0.325 e. The van der Waals surface area contributed by atoms with Gasteiger partial charge in [0.2, 0.25) is 11.0 Å². The molecule has 0 spiro atoms. The van der Waals surface area contributed by atoms with E-state index in [4.69, 9.17) is 0 Å². The van der Waals surface area contributed by atoms with Gasteiger partial charge < -0.3 is 5.32 Å². The minimum absolute atomic E-state index is 0.0178. The van der Waals surface area contributed by atoms with Gasteiger partial charge in [-0.2, -0.15) is 0 Å². The Morgan fingerprint density at radius 1 is 1.06 bits per heavy atom. The molecule has 1 aromatic carbocycles. The van der Waals surface area contributed by atoms with E-state index < -0.39 is 0 Å². The van der Waals surface area contributed by atoms with Crippen molar-refractivity contribution in [2.24, 2.45) is 17.3 Å². The summed E-state index contributed by atoms with van der Waals surface area (Å²) in [5.41, 5.74) is 0.527. The number of hydrogen-bond acceptors (Lipinski definition) is 3. The molecule has 1 N–H and O–H groups in total. The molecule has 0 radical (unpaired) electrons. The molecule has 0 saturated heterocycles. The molecule has 1 atom stereocenters. The molecule has 2 aliphatic carbocycles. The van der Waals surface area contributed by atoms with Crippen molar-refractivity contribution in [3.05, 3.63) is 36.4 Å². The Kier molecular flexibility index (Phi) is 9.25. The topological polar surface area (TPSA) is 46.2 Å². The van der Waals surface area contributed by atoms with Crippen molar-refractivity contribution in [1.82, 2.24) is 0 Å². The zero-order valence-corrected chi connectivity index (χ0v) is 20.1. The molecule has 31 heavy (non-hydrogen) atoms. The van der Waals surface area contributed by atoms with Gasteiger partial charge in [0.1, 0.15) is 0 Å². The minimum atomic E-state index is -0.263. The highest BCUT2D eigenvalue weighted by molar-refractivity contribution is 8.13. The van der Waals surface area contributed by atoms with E-state index in [0.717, 1.165) is 81.2 Å². The SMILES string of the molecule is CCC(CC)CC1(C(=O)Nc2ccccc2SC(=O)C2C=CCCCC2)CCCCC1. The lowest BCUT2D eigenvalue weighted by Gasteiger charge is -2.38. The molecule has 0 aromatic heterocycles. The van der Waals surface area contributed by atoms with Crippen LogP contribution < -0.4 is 5.32 Å². The van der Waals surface area contributed by atoms with Crippen LogP contribution in [0.5, 0.6) is 0 Å². The fraction of sp³-hybridized carbons (Fsp3) is 0.630. The second kappa shape index (κ2) is 11.9. The zero-order valence-electron chi connectivity index (χ0n) is 19.3. The van der Waals surface area contributed by atoms with Crippen LogP contribution in [0.2, 0.25) is 0 Å². The first kappa shape index (κ1) is 24.1. The summed E-state index contributed by atoms with van der Waals surface area (Å²) in [5, 5.41) is 3.45. The number of hydrogen-bond donors (Lipinski definition) is 1. The van der Waals surface area contributed by atoms with Crippen LogP contribution in [0.15, 0.2) is 41.3 Å².